The van der Waals surface area contributed by atoms with Crippen LogP contribution in [0.25, 0.3) is 0 Å². The van der Waals surface area contributed by atoms with Crippen molar-refractivity contribution in [2.24, 2.45) is 23.7 Å². The van der Waals surface area contributed by atoms with Crippen molar-refractivity contribution in [3.05, 3.63) is 24.3 Å². The summed E-state index contributed by atoms with van der Waals surface area (Å²) >= 11 is 0. The topological polar surface area (TPSA) is 0 Å². The molecule has 0 aliphatic heterocycles. The minimum absolute atomic E-state index is 0. The number of halogens is 2. The van der Waals surface area contributed by atoms with Crippen molar-refractivity contribution in [3.8, 4) is 0 Å². The van der Waals surface area contributed by atoms with Crippen LogP contribution in [0.1, 0.15) is 155 Å². The smallest absolute Gasteiger partial charge is 1.00 e. The Morgan fingerprint density at radius 3 is 0.846 bits per heavy atom. The van der Waals surface area contributed by atoms with Gasteiger partial charge in [-0.1, -0.05) is 115 Å². The Bertz CT molecular complexity index is 552. The molecule has 0 bridgehead atoms. The largest absolute Gasteiger partial charge is 2.00 e. The van der Waals surface area contributed by atoms with Crippen molar-refractivity contribution in [1.82, 2.24) is 0 Å². The van der Waals surface area contributed by atoms with Crippen molar-refractivity contribution >= 4 is 18.5 Å². The van der Waals surface area contributed by atoms with Gasteiger partial charge in [-0.05, 0) is 87.9 Å². The first kappa shape index (κ1) is 40.4. The SMILES string of the molecule is CCC=CC(P)(C1CCCCC1)C1CCCCC1.CCC=CC(P)(C1CCCCC1)C1CCCCC1.[Cl-].[Cl-].[Ni+2]. The molecule has 5 heteroatoms. The Morgan fingerprint density at radius 2 is 0.667 bits per heavy atom. The van der Waals surface area contributed by atoms with Crippen molar-refractivity contribution < 1.29 is 41.3 Å². The molecule has 4 aliphatic carbocycles. The third-order valence-corrected chi connectivity index (χ3v) is 12.8. The number of rotatable bonds is 8. The van der Waals surface area contributed by atoms with E-state index in [1.54, 1.807) is 0 Å². The molecule has 39 heavy (non-hydrogen) atoms. The fourth-order valence-corrected chi connectivity index (χ4v) is 9.87. The van der Waals surface area contributed by atoms with E-state index in [-0.39, 0.29) is 41.3 Å². The van der Waals surface area contributed by atoms with E-state index in [0.717, 1.165) is 23.7 Å². The van der Waals surface area contributed by atoms with Crippen LogP contribution in [-0.4, -0.2) is 10.3 Å². The Hall–Kier alpha value is 1.41. The summed E-state index contributed by atoms with van der Waals surface area (Å²) in [6, 6.07) is 0. The molecular formula is C34H62Cl2NiP2. The molecule has 4 fully saturated rings. The summed E-state index contributed by atoms with van der Waals surface area (Å²) in [5.74, 6) is 3.73. The second kappa shape index (κ2) is 22.0. The van der Waals surface area contributed by atoms with Gasteiger partial charge in [0.25, 0.3) is 0 Å². The number of allylic oxidation sites excluding steroid dienone is 4. The molecule has 0 amide bonds. The fraction of sp³-hybridized carbons (Fsp3) is 0.882. The van der Waals surface area contributed by atoms with Gasteiger partial charge in [-0.3, -0.25) is 0 Å². The van der Waals surface area contributed by atoms with E-state index in [4.69, 9.17) is 0 Å². The van der Waals surface area contributed by atoms with Crippen LogP contribution in [0.3, 0.4) is 0 Å². The first-order chi connectivity index (χ1) is 17.5. The van der Waals surface area contributed by atoms with Gasteiger partial charge in [0.1, 0.15) is 0 Å². The molecule has 4 saturated carbocycles. The first-order valence-electron chi connectivity index (χ1n) is 16.5. The van der Waals surface area contributed by atoms with Gasteiger partial charge in [-0.2, -0.15) is 0 Å². The van der Waals surface area contributed by atoms with Crippen LogP contribution in [0.4, 0.5) is 0 Å². The first-order valence-corrected chi connectivity index (χ1v) is 17.6. The molecule has 0 aromatic heterocycles. The number of hydrogen-bond acceptors (Lipinski definition) is 0. The van der Waals surface area contributed by atoms with Gasteiger partial charge < -0.3 is 24.8 Å². The molecule has 0 radical (unpaired) electrons. The minimum atomic E-state index is 0. The maximum Gasteiger partial charge on any atom is 2.00 e. The average molecular weight is 662 g/mol. The van der Waals surface area contributed by atoms with E-state index in [1.807, 2.05) is 0 Å². The molecule has 0 N–H and O–H groups in total. The second-order valence-corrected chi connectivity index (χ2v) is 15.0. The Balaban J connectivity index is 0.000000688. The van der Waals surface area contributed by atoms with Crippen LogP contribution in [0.15, 0.2) is 24.3 Å². The molecule has 0 nitrogen and oxygen atoms in total. The molecule has 0 saturated heterocycles. The van der Waals surface area contributed by atoms with E-state index in [1.165, 1.54) is 141 Å². The quantitative estimate of drug-likeness (QED) is 0.184. The van der Waals surface area contributed by atoms with Gasteiger partial charge in [0.05, 0.1) is 0 Å². The summed E-state index contributed by atoms with van der Waals surface area (Å²) in [5.41, 5.74) is 0. The normalized spacial score (nSPS) is 22.9. The van der Waals surface area contributed by atoms with Gasteiger partial charge in [-0.25, -0.2) is 0 Å². The Labute approximate surface area is 271 Å². The monoisotopic (exact) mass is 660 g/mol. The maximum atomic E-state index is 3.31. The van der Waals surface area contributed by atoms with E-state index in [9.17, 15) is 0 Å². The van der Waals surface area contributed by atoms with Crippen LogP contribution in [0.2, 0.25) is 0 Å². The van der Waals surface area contributed by atoms with Crippen LogP contribution in [0, 0.1) is 23.7 Å². The third-order valence-electron chi connectivity index (χ3n) is 10.5. The van der Waals surface area contributed by atoms with Gasteiger partial charge >= 0.3 is 16.5 Å². The third kappa shape index (κ3) is 12.1. The van der Waals surface area contributed by atoms with Crippen molar-refractivity contribution in [2.75, 3.05) is 0 Å². The molecule has 232 valence electrons. The van der Waals surface area contributed by atoms with Crippen LogP contribution < -0.4 is 24.8 Å². The summed E-state index contributed by atoms with van der Waals surface area (Å²) in [6.45, 7) is 4.53. The molecule has 0 spiro atoms. The molecular weight excluding hydrogens is 600 g/mol. The molecule has 4 rings (SSSR count). The van der Waals surface area contributed by atoms with Crippen LogP contribution in [-0.2, 0) is 16.5 Å². The Kier molecular flexibility index (Phi) is 22.8. The van der Waals surface area contributed by atoms with Crippen LogP contribution in [0.5, 0.6) is 0 Å². The standard InChI is InChI=1S/2C17H31P.2ClH.Ni/c2*1-2-3-14-17(18,15-10-6-4-7-11-15)16-12-8-5-9-13-16;;;/h2*3,14-16H,2,4-13,18H2,1H3;2*1H;/q;;;;+2/p-2. The second-order valence-electron chi connectivity index (χ2n) is 13.0. The van der Waals surface area contributed by atoms with Gasteiger partial charge in [-0.15, -0.1) is 18.5 Å². The zero-order valence-electron chi connectivity index (χ0n) is 25.4. The van der Waals surface area contributed by atoms with E-state index < -0.39 is 0 Å². The fourth-order valence-electron chi connectivity index (χ4n) is 8.27. The molecule has 4 aliphatic rings. The number of hydrogen-bond donors (Lipinski definition) is 0. The zero-order chi connectivity index (χ0) is 25.7. The predicted octanol–water partition coefficient (Wildman–Crippen LogP) is 5.46. The summed E-state index contributed by atoms with van der Waals surface area (Å²) in [4.78, 5) is 0. The molecule has 2 atom stereocenters. The zero-order valence-corrected chi connectivity index (χ0v) is 30.2. The van der Waals surface area contributed by atoms with E-state index in [2.05, 4.69) is 56.6 Å². The van der Waals surface area contributed by atoms with Crippen molar-refractivity contribution in [1.29, 1.82) is 0 Å². The summed E-state index contributed by atoms with van der Waals surface area (Å²) in [5, 5.41) is 0.855. The summed E-state index contributed by atoms with van der Waals surface area (Å²) < 4.78 is 0. The molecule has 2 unspecified atom stereocenters. The summed E-state index contributed by atoms with van der Waals surface area (Å²) in [6.07, 6.45) is 41.8. The van der Waals surface area contributed by atoms with Crippen molar-refractivity contribution in [2.45, 2.75) is 165 Å². The molecule has 0 aromatic carbocycles. The average Bonchev–Trinajstić information content (AvgIpc) is 2.97. The van der Waals surface area contributed by atoms with Crippen molar-refractivity contribution in [3.63, 3.8) is 0 Å². The van der Waals surface area contributed by atoms with Crippen LogP contribution >= 0.6 is 18.5 Å². The van der Waals surface area contributed by atoms with E-state index in [0.29, 0.717) is 10.3 Å². The molecule has 0 heterocycles. The van der Waals surface area contributed by atoms with Gasteiger partial charge in [0.2, 0.25) is 0 Å². The Morgan fingerprint density at radius 1 is 0.462 bits per heavy atom. The van der Waals surface area contributed by atoms with Gasteiger partial charge in [0, 0.05) is 10.3 Å². The van der Waals surface area contributed by atoms with E-state index >= 15 is 0 Å². The maximum absolute atomic E-state index is 3.31. The predicted molar refractivity (Wildman–Crippen MR) is 170 cm³/mol. The van der Waals surface area contributed by atoms with Gasteiger partial charge in [0.15, 0.2) is 0 Å². The molecule has 0 aromatic rings. The minimum Gasteiger partial charge on any atom is -1.00 e. The summed E-state index contributed by atoms with van der Waals surface area (Å²) in [7, 11) is 6.63.